The molecule has 0 bridgehead atoms. The predicted octanol–water partition coefficient (Wildman–Crippen LogP) is 0.394. The SMILES string of the molecule is CC(C)S(=O)(=O)N1CC[C@H](N)[C@@H](C)C1. The van der Waals surface area contributed by atoms with E-state index in [1.54, 1.807) is 18.2 Å². The fraction of sp³-hybridized carbons (Fsp3) is 1.00. The second-order valence-corrected chi connectivity index (χ2v) is 6.87. The van der Waals surface area contributed by atoms with E-state index in [2.05, 4.69) is 0 Å². The van der Waals surface area contributed by atoms with Crippen LogP contribution in [0.3, 0.4) is 0 Å². The van der Waals surface area contributed by atoms with Crippen molar-refractivity contribution in [3.63, 3.8) is 0 Å². The second-order valence-electron chi connectivity index (χ2n) is 4.38. The van der Waals surface area contributed by atoms with Gasteiger partial charge in [-0.25, -0.2) is 12.7 Å². The third kappa shape index (κ3) is 2.27. The lowest BCUT2D eigenvalue weighted by Crippen LogP contribution is -2.49. The van der Waals surface area contributed by atoms with E-state index < -0.39 is 10.0 Å². The summed E-state index contributed by atoms with van der Waals surface area (Å²) in [6.45, 7) is 6.59. The molecule has 84 valence electrons. The summed E-state index contributed by atoms with van der Waals surface area (Å²) >= 11 is 0. The first-order valence-electron chi connectivity index (χ1n) is 5.10. The smallest absolute Gasteiger partial charge is 0.216 e. The molecule has 14 heavy (non-hydrogen) atoms. The highest BCUT2D eigenvalue weighted by Crippen LogP contribution is 2.19. The lowest BCUT2D eigenvalue weighted by Gasteiger charge is -2.35. The molecule has 0 radical (unpaired) electrons. The second kappa shape index (κ2) is 4.16. The Labute approximate surface area is 86.5 Å². The third-order valence-electron chi connectivity index (χ3n) is 2.89. The maximum Gasteiger partial charge on any atom is 0.216 e. The van der Waals surface area contributed by atoms with Crippen LogP contribution in [0.15, 0.2) is 0 Å². The lowest BCUT2D eigenvalue weighted by atomic mass is 9.96. The minimum absolute atomic E-state index is 0.147. The number of nitrogens with two attached hydrogens (primary N) is 1. The molecule has 4 nitrogen and oxygen atoms in total. The number of hydrogen-bond acceptors (Lipinski definition) is 3. The van der Waals surface area contributed by atoms with Crippen LogP contribution in [-0.4, -0.2) is 37.1 Å². The van der Waals surface area contributed by atoms with Gasteiger partial charge in [-0.15, -0.1) is 0 Å². The minimum atomic E-state index is -3.08. The molecule has 1 saturated heterocycles. The highest BCUT2D eigenvalue weighted by atomic mass is 32.2. The molecule has 0 aromatic carbocycles. The first kappa shape index (κ1) is 11.9. The molecule has 0 amide bonds. The Kier molecular flexibility index (Phi) is 3.55. The van der Waals surface area contributed by atoms with Crippen LogP contribution in [0.25, 0.3) is 0 Å². The summed E-state index contributed by atoms with van der Waals surface area (Å²) in [5.41, 5.74) is 5.84. The number of rotatable bonds is 2. The molecule has 0 aliphatic carbocycles. The van der Waals surface area contributed by atoms with Crippen LogP contribution < -0.4 is 5.73 Å². The van der Waals surface area contributed by atoms with E-state index in [1.165, 1.54) is 0 Å². The van der Waals surface area contributed by atoms with E-state index in [1.807, 2.05) is 6.92 Å². The standard InChI is InChI=1S/C9H20N2O2S/c1-7(2)14(12,13)11-5-4-9(10)8(3)6-11/h7-9H,4-6,10H2,1-3H3/t8-,9-/m0/s1. The quantitative estimate of drug-likeness (QED) is 0.732. The molecule has 1 rings (SSSR count). The van der Waals surface area contributed by atoms with Gasteiger partial charge >= 0.3 is 0 Å². The van der Waals surface area contributed by atoms with Gasteiger partial charge in [0.25, 0.3) is 0 Å². The molecule has 1 fully saturated rings. The van der Waals surface area contributed by atoms with Crippen molar-refractivity contribution in [1.29, 1.82) is 0 Å². The van der Waals surface area contributed by atoms with Crippen molar-refractivity contribution < 1.29 is 8.42 Å². The van der Waals surface area contributed by atoms with Gasteiger partial charge in [-0.05, 0) is 26.2 Å². The molecular formula is C9H20N2O2S. The maximum absolute atomic E-state index is 11.8. The monoisotopic (exact) mass is 220 g/mol. The number of nitrogens with zero attached hydrogens (tertiary/aromatic N) is 1. The fourth-order valence-corrected chi connectivity index (χ4v) is 3.05. The van der Waals surface area contributed by atoms with Crippen molar-refractivity contribution in [2.75, 3.05) is 13.1 Å². The molecule has 0 aromatic heterocycles. The Morgan fingerprint density at radius 3 is 2.43 bits per heavy atom. The van der Waals surface area contributed by atoms with E-state index in [0.717, 1.165) is 6.42 Å². The van der Waals surface area contributed by atoms with Crippen LogP contribution in [0.5, 0.6) is 0 Å². The van der Waals surface area contributed by atoms with E-state index in [4.69, 9.17) is 5.73 Å². The zero-order chi connectivity index (χ0) is 10.9. The van der Waals surface area contributed by atoms with Crippen LogP contribution in [0.1, 0.15) is 27.2 Å². The molecule has 1 aliphatic heterocycles. The lowest BCUT2D eigenvalue weighted by molar-refractivity contribution is 0.249. The molecular weight excluding hydrogens is 200 g/mol. The van der Waals surface area contributed by atoms with E-state index in [-0.39, 0.29) is 17.2 Å². The number of sulfonamides is 1. The highest BCUT2D eigenvalue weighted by Gasteiger charge is 2.32. The van der Waals surface area contributed by atoms with Crippen molar-refractivity contribution in [2.45, 2.75) is 38.5 Å². The largest absolute Gasteiger partial charge is 0.327 e. The summed E-state index contributed by atoms with van der Waals surface area (Å²) in [5.74, 6) is 0.261. The number of hydrogen-bond donors (Lipinski definition) is 1. The van der Waals surface area contributed by atoms with Crippen molar-refractivity contribution in [2.24, 2.45) is 11.7 Å². The first-order chi connectivity index (χ1) is 6.35. The van der Waals surface area contributed by atoms with Gasteiger partial charge in [0.2, 0.25) is 10.0 Å². The molecule has 1 heterocycles. The van der Waals surface area contributed by atoms with Crippen LogP contribution in [0.4, 0.5) is 0 Å². The number of piperidine rings is 1. The maximum atomic E-state index is 11.8. The zero-order valence-corrected chi connectivity index (χ0v) is 9.92. The molecule has 5 heteroatoms. The first-order valence-corrected chi connectivity index (χ1v) is 6.60. The summed E-state index contributed by atoms with van der Waals surface area (Å²) in [7, 11) is -3.08. The summed E-state index contributed by atoms with van der Waals surface area (Å²) in [6.07, 6.45) is 0.771. The molecule has 2 atom stereocenters. The van der Waals surface area contributed by atoms with Crippen molar-refractivity contribution in [3.05, 3.63) is 0 Å². The molecule has 0 aromatic rings. The van der Waals surface area contributed by atoms with E-state index in [0.29, 0.717) is 13.1 Å². The molecule has 2 N–H and O–H groups in total. The topological polar surface area (TPSA) is 63.4 Å². The van der Waals surface area contributed by atoms with Crippen molar-refractivity contribution in [1.82, 2.24) is 4.31 Å². The summed E-state index contributed by atoms with van der Waals surface area (Å²) < 4.78 is 25.2. The van der Waals surface area contributed by atoms with E-state index in [9.17, 15) is 8.42 Å². The van der Waals surface area contributed by atoms with Crippen LogP contribution in [0, 0.1) is 5.92 Å². The Hall–Kier alpha value is -0.130. The average Bonchev–Trinajstić information content (AvgIpc) is 2.09. The van der Waals surface area contributed by atoms with Crippen LogP contribution in [-0.2, 0) is 10.0 Å². The Balaban J connectivity index is 2.73. The summed E-state index contributed by atoms with van der Waals surface area (Å²) in [4.78, 5) is 0. The van der Waals surface area contributed by atoms with Gasteiger partial charge in [0.05, 0.1) is 5.25 Å². The van der Waals surface area contributed by atoms with Gasteiger partial charge in [0.1, 0.15) is 0 Å². The molecule has 0 unspecified atom stereocenters. The van der Waals surface area contributed by atoms with Crippen molar-refractivity contribution in [3.8, 4) is 0 Å². The zero-order valence-electron chi connectivity index (χ0n) is 9.10. The molecule has 1 aliphatic rings. The Morgan fingerprint density at radius 2 is 2.00 bits per heavy atom. The Bertz CT molecular complexity index is 287. The third-order valence-corrected chi connectivity index (χ3v) is 5.13. The normalized spacial score (nSPS) is 30.9. The van der Waals surface area contributed by atoms with Gasteiger partial charge in [0, 0.05) is 19.1 Å². The van der Waals surface area contributed by atoms with Gasteiger partial charge in [0.15, 0.2) is 0 Å². The van der Waals surface area contributed by atoms with Crippen LogP contribution >= 0.6 is 0 Å². The average molecular weight is 220 g/mol. The highest BCUT2D eigenvalue weighted by molar-refractivity contribution is 7.89. The van der Waals surface area contributed by atoms with Crippen LogP contribution in [0.2, 0.25) is 0 Å². The minimum Gasteiger partial charge on any atom is -0.327 e. The van der Waals surface area contributed by atoms with E-state index >= 15 is 0 Å². The predicted molar refractivity (Wildman–Crippen MR) is 57.4 cm³/mol. The molecule has 0 spiro atoms. The van der Waals surface area contributed by atoms with Gasteiger partial charge in [-0.3, -0.25) is 0 Å². The van der Waals surface area contributed by atoms with Gasteiger partial charge < -0.3 is 5.73 Å². The fourth-order valence-electron chi connectivity index (χ4n) is 1.65. The van der Waals surface area contributed by atoms with Gasteiger partial charge in [-0.2, -0.15) is 0 Å². The summed E-state index contributed by atoms with van der Waals surface area (Å²) in [6, 6.07) is 0.147. The van der Waals surface area contributed by atoms with Crippen molar-refractivity contribution >= 4 is 10.0 Å². The van der Waals surface area contributed by atoms with Gasteiger partial charge in [-0.1, -0.05) is 6.92 Å². The molecule has 0 saturated carbocycles. The summed E-state index contributed by atoms with van der Waals surface area (Å²) in [5, 5.41) is -0.330. The Morgan fingerprint density at radius 1 is 1.43 bits per heavy atom.